The number of hydrogen-bond donors (Lipinski definition) is 2. The van der Waals surface area contributed by atoms with E-state index in [4.69, 9.17) is 4.74 Å². The third-order valence-corrected chi connectivity index (χ3v) is 6.20. The summed E-state index contributed by atoms with van der Waals surface area (Å²) in [6, 6.07) is 15.4. The molecule has 7 nitrogen and oxygen atoms in total. The predicted octanol–water partition coefficient (Wildman–Crippen LogP) is 3.56. The third kappa shape index (κ3) is 3.80. The standard InChI is InChI=1S/C21H23N5O2S/c1-4-14-7-5-6-8-17(14)22-20(27)19-18(15-9-11-16(28-3)12-10-15)25-26-13(2)23-24-21(26)29-19/h5-12,18-19,25H,4H2,1-3H3,(H,22,27)/t18-,19-/m1/s1. The van der Waals surface area contributed by atoms with Gasteiger partial charge in [0.25, 0.3) is 0 Å². The van der Waals surface area contributed by atoms with Crippen LogP contribution >= 0.6 is 11.8 Å². The van der Waals surface area contributed by atoms with Gasteiger partial charge in [-0.1, -0.05) is 49.0 Å². The molecule has 0 unspecified atom stereocenters. The summed E-state index contributed by atoms with van der Waals surface area (Å²) < 4.78 is 7.10. The van der Waals surface area contributed by atoms with E-state index in [1.165, 1.54) is 11.8 Å². The van der Waals surface area contributed by atoms with Crippen LogP contribution in [0.2, 0.25) is 0 Å². The van der Waals surface area contributed by atoms with Crippen molar-refractivity contribution in [3.05, 3.63) is 65.5 Å². The van der Waals surface area contributed by atoms with Gasteiger partial charge in [-0.05, 0) is 42.7 Å². The maximum Gasteiger partial charge on any atom is 0.240 e. The number of methoxy groups -OCH3 is 1. The molecule has 3 aromatic rings. The Kier molecular flexibility index (Phi) is 5.44. The maximum absolute atomic E-state index is 13.3. The second kappa shape index (κ2) is 8.16. The molecule has 2 aromatic carbocycles. The molecule has 2 N–H and O–H groups in total. The number of benzene rings is 2. The van der Waals surface area contributed by atoms with Crippen LogP contribution in [0.3, 0.4) is 0 Å². The van der Waals surface area contributed by atoms with Crippen molar-refractivity contribution in [1.29, 1.82) is 0 Å². The zero-order valence-corrected chi connectivity index (χ0v) is 17.4. The van der Waals surface area contributed by atoms with Crippen molar-refractivity contribution in [1.82, 2.24) is 14.9 Å². The average molecular weight is 410 g/mol. The minimum Gasteiger partial charge on any atom is -0.497 e. The van der Waals surface area contributed by atoms with E-state index in [2.05, 4.69) is 27.9 Å². The molecule has 0 spiro atoms. The molecule has 1 aliphatic heterocycles. The van der Waals surface area contributed by atoms with Gasteiger partial charge in [0.05, 0.1) is 13.2 Å². The number of nitrogens with zero attached hydrogens (tertiary/aromatic N) is 3. The molecule has 0 saturated heterocycles. The molecule has 0 saturated carbocycles. The Morgan fingerprint density at radius 3 is 2.69 bits per heavy atom. The molecule has 1 aliphatic rings. The number of thioether (sulfide) groups is 1. The van der Waals surface area contributed by atoms with Crippen LogP contribution in [-0.2, 0) is 11.2 Å². The fourth-order valence-electron chi connectivity index (χ4n) is 3.38. The van der Waals surface area contributed by atoms with Gasteiger partial charge in [0, 0.05) is 5.69 Å². The first-order valence-electron chi connectivity index (χ1n) is 9.48. The van der Waals surface area contributed by atoms with Crippen LogP contribution in [-0.4, -0.2) is 33.1 Å². The molecular formula is C21H23N5O2S. The first-order valence-corrected chi connectivity index (χ1v) is 10.4. The molecule has 2 atom stereocenters. The topological polar surface area (TPSA) is 81.1 Å². The molecule has 0 bridgehead atoms. The number of aromatic nitrogens is 3. The van der Waals surface area contributed by atoms with Crippen LogP contribution in [0, 0.1) is 6.92 Å². The van der Waals surface area contributed by atoms with Gasteiger partial charge >= 0.3 is 0 Å². The summed E-state index contributed by atoms with van der Waals surface area (Å²) in [5.74, 6) is 1.45. The summed E-state index contributed by atoms with van der Waals surface area (Å²) in [6.45, 7) is 3.96. The lowest BCUT2D eigenvalue weighted by atomic mass is 10.0. The zero-order chi connectivity index (χ0) is 20.4. The van der Waals surface area contributed by atoms with E-state index in [1.54, 1.807) is 7.11 Å². The van der Waals surface area contributed by atoms with Crippen molar-refractivity contribution in [3.8, 4) is 5.75 Å². The van der Waals surface area contributed by atoms with Crippen molar-refractivity contribution in [3.63, 3.8) is 0 Å². The van der Waals surface area contributed by atoms with Crippen molar-refractivity contribution in [2.45, 2.75) is 36.7 Å². The van der Waals surface area contributed by atoms with Crippen molar-refractivity contribution in [2.75, 3.05) is 17.9 Å². The lowest BCUT2D eigenvalue weighted by Crippen LogP contribution is -2.41. The van der Waals surface area contributed by atoms with Crippen molar-refractivity contribution < 1.29 is 9.53 Å². The number of ether oxygens (including phenoxy) is 1. The maximum atomic E-state index is 13.3. The highest BCUT2D eigenvalue weighted by atomic mass is 32.2. The highest BCUT2D eigenvalue weighted by molar-refractivity contribution is 8.00. The number of carbonyl (C=O) groups excluding carboxylic acids is 1. The largest absolute Gasteiger partial charge is 0.497 e. The number of carbonyl (C=O) groups is 1. The van der Waals surface area contributed by atoms with Crippen molar-refractivity contribution in [2.24, 2.45) is 0 Å². The Bertz CT molecular complexity index is 1020. The zero-order valence-electron chi connectivity index (χ0n) is 16.5. The second-order valence-corrected chi connectivity index (χ2v) is 7.89. The van der Waals surface area contributed by atoms with Gasteiger partial charge < -0.3 is 15.5 Å². The molecule has 150 valence electrons. The summed E-state index contributed by atoms with van der Waals surface area (Å²) in [6.07, 6.45) is 0.849. The summed E-state index contributed by atoms with van der Waals surface area (Å²) in [5, 5.41) is 11.7. The van der Waals surface area contributed by atoms with Crippen LogP contribution < -0.4 is 15.5 Å². The van der Waals surface area contributed by atoms with Crippen LogP contribution in [0.25, 0.3) is 0 Å². The molecule has 8 heteroatoms. The molecule has 0 fully saturated rings. The monoisotopic (exact) mass is 409 g/mol. The molecular weight excluding hydrogens is 386 g/mol. The molecule has 1 aromatic heterocycles. The summed E-state index contributed by atoms with van der Waals surface area (Å²) >= 11 is 1.42. The summed E-state index contributed by atoms with van der Waals surface area (Å²) in [5.41, 5.74) is 6.35. The number of anilines is 1. The lowest BCUT2D eigenvalue weighted by Gasteiger charge is -2.33. The fraction of sp³-hybridized carbons (Fsp3) is 0.286. The average Bonchev–Trinajstić information content (AvgIpc) is 3.13. The fourth-order valence-corrected chi connectivity index (χ4v) is 4.50. The number of para-hydroxylation sites is 1. The third-order valence-electron chi connectivity index (χ3n) is 4.99. The molecule has 29 heavy (non-hydrogen) atoms. The van der Waals surface area contributed by atoms with Crippen LogP contribution in [0.1, 0.15) is 29.9 Å². The minimum atomic E-state index is -0.413. The Labute approximate surface area is 173 Å². The summed E-state index contributed by atoms with van der Waals surface area (Å²) in [7, 11) is 1.64. The smallest absolute Gasteiger partial charge is 0.240 e. The van der Waals surface area contributed by atoms with Gasteiger partial charge in [-0.25, -0.2) is 4.68 Å². The van der Waals surface area contributed by atoms with E-state index in [0.29, 0.717) is 5.16 Å². The minimum absolute atomic E-state index is 0.0730. The lowest BCUT2D eigenvalue weighted by molar-refractivity contribution is -0.116. The Hall–Kier alpha value is -3.00. The molecule has 0 radical (unpaired) electrons. The first-order chi connectivity index (χ1) is 14.1. The molecule has 4 rings (SSSR count). The number of amides is 1. The number of aryl methyl sites for hydroxylation is 2. The Balaban J connectivity index is 1.66. The van der Waals surface area contributed by atoms with Gasteiger partial charge in [-0.2, -0.15) is 0 Å². The normalized spacial score (nSPS) is 17.9. The van der Waals surface area contributed by atoms with Crippen LogP contribution in [0.15, 0.2) is 53.7 Å². The molecule has 0 aliphatic carbocycles. The Morgan fingerprint density at radius 1 is 1.21 bits per heavy atom. The highest BCUT2D eigenvalue weighted by Crippen LogP contribution is 2.38. The first kappa shape index (κ1) is 19.3. The molecule has 2 heterocycles. The van der Waals surface area contributed by atoms with Gasteiger partial charge in [0.1, 0.15) is 16.8 Å². The quantitative estimate of drug-likeness (QED) is 0.671. The van der Waals surface area contributed by atoms with E-state index in [-0.39, 0.29) is 11.9 Å². The van der Waals surface area contributed by atoms with E-state index >= 15 is 0 Å². The predicted molar refractivity (Wildman–Crippen MR) is 114 cm³/mol. The number of nitrogens with one attached hydrogen (secondary N) is 2. The van der Waals surface area contributed by atoms with Crippen molar-refractivity contribution >= 4 is 23.4 Å². The highest BCUT2D eigenvalue weighted by Gasteiger charge is 2.37. The van der Waals surface area contributed by atoms with Crippen LogP contribution in [0.5, 0.6) is 5.75 Å². The summed E-state index contributed by atoms with van der Waals surface area (Å²) in [4.78, 5) is 13.3. The van der Waals surface area contributed by atoms with Crippen LogP contribution in [0.4, 0.5) is 5.69 Å². The number of hydrogen-bond acceptors (Lipinski definition) is 6. The number of fused-ring (bicyclic) bond motifs is 1. The van der Waals surface area contributed by atoms with E-state index in [0.717, 1.165) is 34.8 Å². The SMILES string of the molecule is CCc1ccccc1NC(=O)[C@@H]1Sc2nnc(C)n2N[C@@H]1c1ccc(OC)cc1. The van der Waals surface area contributed by atoms with E-state index < -0.39 is 5.25 Å². The second-order valence-electron chi connectivity index (χ2n) is 6.78. The van der Waals surface area contributed by atoms with E-state index in [1.807, 2.05) is 60.1 Å². The number of rotatable bonds is 5. The molecule has 1 amide bonds. The van der Waals surface area contributed by atoms with Gasteiger partial charge in [0.15, 0.2) is 0 Å². The van der Waals surface area contributed by atoms with Gasteiger partial charge in [-0.15, -0.1) is 10.2 Å². The van der Waals surface area contributed by atoms with Gasteiger partial charge in [-0.3, -0.25) is 4.79 Å². The van der Waals surface area contributed by atoms with Gasteiger partial charge in [0.2, 0.25) is 11.1 Å². The Morgan fingerprint density at radius 2 is 1.97 bits per heavy atom. The van der Waals surface area contributed by atoms with E-state index in [9.17, 15) is 4.79 Å².